The highest BCUT2D eigenvalue weighted by Gasteiger charge is 2.40. The van der Waals surface area contributed by atoms with Gasteiger partial charge in [-0.15, -0.1) is 11.8 Å². The summed E-state index contributed by atoms with van der Waals surface area (Å²) in [5, 5.41) is 7.94. The van der Waals surface area contributed by atoms with Crippen LogP contribution in [-0.4, -0.2) is 41.5 Å². The number of sulfonamides is 1. The first kappa shape index (κ1) is 13.2. The molecule has 0 bridgehead atoms. The minimum atomic E-state index is -3.77. The molecule has 1 aliphatic heterocycles. The molecule has 1 saturated heterocycles. The molecule has 1 heterocycles. The molecule has 0 unspecified atom stereocenters. The van der Waals surface area contributed by atoms with E-state index in [2.05, 4.69) is 0 Å². The van der Waals surface area contributed by atoms with Gasteiger partial charge in [0.15, 0.2) is 5.37 Å². The van der Waals surface area contributed by atoms with Crippen molar-refractivity contribution < 1.29 is 18.3 Å². The quantitative estimate of drug-likeness (QED) is 0.782. The number of nitrogen functional groups attached to an aromatic ring is 1. The summed E-state index contributed by atoms with van der Waals surface area (Å²) in [6.07, 6.45) is 0. The summed E-state index contributed by atoms with van der Waals surface area (Å²) >= 11 is 1.11. The van der Waals surface area contributed by atoms with Gasteiger partial charge in [-0.1, -0.05) is 0 Å². The standard InChI is InChI=1S/C10H12N2O4S2/c11-7-1-3-8(4-2-7)18(15,16)12-5-6-17-9(12)10(13)14/h1-4,9H,5-6,11H2,(H,13,14)/t9-/m1/s1. The molecule has 1 aromatic rings. The van der Waals surface area contributed by atoms with Gasteiger partial charge in [0.2, 0.25) is 10.0 Å². The normalized spacial score (nSPS) is 21.0. The van der Waals surface area contributed by atoms with Crippen LogP contribution in [0.5, 0.6) is 0 Å². The summed E-state index contributed by atoms with van der Waals surface area (Å²) in [5.41, 5.74) is 5.95. The molecule has 98 valence electrons. The van der Waals surface area contributed by atoms with Gasteiger partial charge in [-0.2, -0.15) is 4.31 Å². The SMILES string of the molecule is Nc1ccc(S(=O)(=O)N2CCS[C@@H]2C(=O)O)cc1. The molecule has 0 radical (unpaired) electrons. The Hall–Kier alpha value is -1.25. The summed E-state index contributed by atoms with van der Waals surface area (Å²) in [5.74, 6) is -0.665. The van der Waals surface area contributed by atoms with Crippen LogP contribution in [0.3, 0.4) is 0 Å². The Kier molecular flexibility index (Phi) is 3.51. The fraction of sp³-hybridized carbons (Fsp3) is 0.300. The number of benzene rings is 1. The second-order valence-corrected chi connectivity index (χ2v) is 6.82. The lowest BCUT2D eigenvalue weighted by molar-refractivity contribution is -0.138. The Labute approximate surface area is 109 Å². The number of carboxylic acids is 1. The predicted octanol–water partition coefficient (Wildman–Crippen LogP) is 0.417. The fourth-order valence-electron chi connectivity index (χ4n) is 1.67. The van der Waals surface area contributed by atoms with Crippen LogP contribution in [0.25, 0.3) is 0 Å². The first-order valence-electron chi connectivity index (χ1n) is 5.15. The number of carbonyl (C=O) groups is 1. The van der Waals surface area contributed by atoms with E-state index in [0.29, 0.717) is 11.4 Å². The predicted molar refractivity (Wildman–Crippen MR) is 68.6 cm³/mol. The van der Waals surface area contributed by atoms with E-state index in [1.807, 2.05) is 0 Å². The molecule has 8 heteroatoms. The van der Waals surface area contributed by atoms with Crippen LogP contribution >= 0.6 is 11.8 Å². The van der Waals surface area contributed by atoms with Crippen molar-refractivity contribution in [3.8, 4) is 0 Å². The van der Waals surface area contributed by atoms with Crippen LogP contribution in [0.15, 0.2) is 29.2 Å². The highest BCUT2D eigenvalue weighted by Crippen LogP contribution is 2.30. The number of thioether (sulfide) groups is 1. The molecule has 1 aliphatic rings. The number of nitrogens with zero attached hydrogens (tertiary/aromatic N) is 1. The van der Waals surface area contributed by atoms with Crippen LogP contribution in [0.1, 0.15) is 0 Å². The second-order valence-electron chi connectivity index (χ2n) is 3.75. The van der Waals surface area contributed by atoms with Gasteiger partial charge in [-0.3, -0.25) is 0 Å². The molecule has 1 atom stereocenters. The lowest BCUT2D eigenvalue weighted by Crippen LogP contribution is -2.39. The summed E-state index contributed by atoms with van der Waals surface area (Å²) in [7, 11) is -3.77. The van der Waals surface area contributed by atoms with Gasteiger partial charge >= 0.3 is 5.97 Å². The third-order valence-electron chi connectivity index (χ3n) is 2.55. The molecular formula is C10H12N2O4S2. The number of hydrogen-bond donors (Lipinski definition) is 2. The number of nitrogens with two attached hydrogens (primary N) is 1. The summed E-state index contributed by atoms with van der Waals surface area (Å²) in [6, 6.07) is 5.72. The number of carboxylic acid groups (broad SMARTS) is 1. The van der Waals surface area contributed by atoms with Crippen molar-refractivity contribution in [3.63, 3.8) is 0 Å². The molecule has 0 spiro atoms. The van der Waals surface area contributed by atoms with Gasteiger partial charge in [-0.05, 0) is 24.3 Å². The van der Waals surface area contributed by atoms with Crippen molar-refractivity contribution in [2.75, 3.05) is 18.0 Å². The van der Waals surface area contributed by atoms with Crippen molar-refractivity contribution in [2.24, 2.45) is 0 Å². The Bertz CT molecular complexity index is 556. The van der Waals surface area contributed by atoms with Gasteiger partial charge in [0, 0.05) is 18.0 Å². The lowest BCUT2D eigenvalue weighted by Gasteiger charge is -2.20. The summed E-state index contributed by atoms with van der Waals surface area (Å²) < 4.78 is 25.5. The van der Waals surface area contributed by atoms with Crippen molar-refractivity contribution >= 4 is 33.4 Å². The molecule has 0 aliphatic carbocycles. The average Bonchev–Trinajstić information content (AvgIpc) is 2.79. The fourth-order valence-corrected chi connectivity index (χ4v) is 4.67. The topological polar surface area (TPSA) is 101 Å². The largest absolute Gasteiger partial charge is 0.479 e. The van der Waals surface area contributed by atoms with E-state index >= 15 is 0 Å². The zero-order valence-electron chi connectivity index (χ0n) is 9.31. The minimum Gasteiger partial charge on any atom is -0.479 e. The average molecular weight is 288 g/mol. The zero-order valence-corrected chi connectivity index (χ0v) is 10.9. The van der Waals surface area contributed by atoms with E-state index in [-0.39, 0.29) is 11.4 Å². The molecule has 0 aromatic heterocycles. The van der Waals surface area contributed by atoms with Crippen molar-refractivity contribution in [1.82, 2.24) is 4.31 Å². The molecule has 3 N–H and O–H groups in total. The molecule has 1 fully saturated rings. The number of rotatable bonds is 3. The van der Waals surface area contributed by atoms with E-state index in [9.17, 15) is 13.2 Å². The molecule has 0 amide bonds. The number of hydrogen-bond acceptors (Lipinski definition) is 5. The van der Waals surface area contributed by atoms with Crippen molar-refractivity contribution in [3.05, 3.63) is 24.3 Å². The monoisotopic (exact) mass is 288 g/mol. The highest BCUT2D eigenvalue weighted by molar-refractivity contribution is 8.02. The van der Waals surface area contributed by atoms with Crippen LogP contribution in [0.4, 0.5) is 5.69 Å². The Morgan fingerprint density at radius 1 is 1.39 bits per heavy atom. The third-order valence-corrected chi connectivity index (χ3v) is 5.75. The third kappa shape index (κ3) is 2.31. The highest BCUT2D eigenvalue weighted by atomic mass is 32.2. The summed E-state index contributed by atoms with van der Waals surface area (Å²) in [6.45, 7) is 0.203. The first-order chi connectivity index (χ1) is 8.43. The van der Waals surface area contributed by atoms with Crippen molar-refractivity contribution in [1.29, 1.82) is 0 Å². The number of anilines is 1. The smallest absolute Gasteiger partial charge is 0.332 e. The van der Waals surface area contributed by atoms with Gasteiger partial charge in [0.05, 0.1) is 4.90 Å². The van der Waals surface area contributed by atoms with Crippen LogP contribution in [0.2, 0.25) is 0 Å². The second kappa shape index (κ2) is 4.79. The Balaban J connectivity index is 2.36. The maximum Gasteiger partial charge on any atom is 0.332 e. The first-order valence-corrected chi connectivity index (χ1v) is 7.63. The number of aliphatic carboxylic acids is 1. The zero-order chi connectivity index (χ0) is 13.3. The van der Waals surface area contributed by atoms with Crippen LogP contribution in [0, 0.1) is 0 Å². The van der Waals surface area contributed by atoms with E-state index in [1.165, 1.54) is 24.3 Å². The van der Waals surface area contributed by atoms with E-state index in [1.54, 1.807) is 0 Å². The van der Waals surface area contributed by atoms with E-state index in [0.717, 1.165) is 16.1 Å². The Morgan fingerprint density at radius 3 is 2.56 bits per heavy atom. The van der Waals surface area contributed by atoms with Crippen LogP contribution in [-0.2, 0) is 14.8 Å². The van der Waals surface area contributed by atoms with Gasteiger partial charge < -0.3 is 10.8 Å². The van der Waals surface area contributed by atoms with Gasteiger partial charge in [0.1, 0.15) is 0 Å². The van der Waals surface area contributed by atoms with Gasteiger partial charge in [0.25, 0.3) is 0 Å². The van der Waals surface area contributed by atoms with Crippen molar-refractivity contribution in [2.45, 2.75) is 10.3 Å². The molecule has 2 rings (SSSR count). The maximum absolute atomic E-state index is 12.3. The lowest BCUT2D eigenvalue weighted by atomic mass is 10.3. The molecule has 6 nitrogen and oxygen atoms in total. The summed E-state index contributed by atoms with van der Waals surface area (Å²) in [4.78, 5) is 11.1. The maximum atomic E-state index is 12.3. The Morgan fingerprint density at radius 2 is 2.00 bits per heavy atom. The molecule has 0 saturated carbocycles. The van der Waals surface area contributed by atoms with Gasteiger partial charge in [-0.25, -0.2) is 13.2 Å². The van der Waals surface area contributed by atoms with Crippen LogP contribution < -0.4 is 5.73 Å². The molecular weight excluding hydrogens is 276 g/mol. The van der Waals surface area contributed by atoms with E-state index < -0.39 is 21.4 Å². The minimum absolute atomic E-state index is 0.0606. The van der Waals surface area contributed by atoms with E-state index in [4.69, 9.17) is 10.8 Å². The molecule has 18 heavy (non-hydrogen) atoms. The molecule has 1 aromatic carbocycles.